The van der Waals surface area contributed by atoms with Crippen LogP contribution < -0.4 is 11.1 Å². The van der Waals surface area contributed by atoms with Gasteiger partial charge >= 0.3 is 5.97 Å². The van der Waals surface area contributed by atoms with Crippen LogP contribution in [-0.4, -0.2) is 24.1 Å². The van der Waals surface area contributed by atoms with E-state index in [0.29, 0.717) is 29.1 Å². The Morgan fingerprint density at radius 2 is 2.25 bits per heavy atom. The highest BCUT2D eigenvalue weighted by molar-refractivity contribution is 5.97. The zero-order chi connectivity index (χ0) is 14.6. The lowest BCUT2D eigenvalue weighted by Crippen LogP contribution is -2.36. The molecule has 1 heterocycles. The summed E-state index contributed by atoms with van der Waals surface area (Å²) in [7, 11) is 0. The van der Waals surface area contributed by atoms with Crippen LogP contribution in [0, 0.1) is 5.41 Å². The molecule has 0 atom stereocenters. The molecule has 1 saturated carbocycles. The molecular weight excluding hydrogens is 254 g/mol. The van der Waals surface area contributed by atoms with Crippen molar-refractivity contribution in [1.82, 2.24) is 4.98 Å². The first-order chi connectivity index (χ1) is 9.62. The molecule has 0 amide bonds. The van der Waals surface area contributed by atoms with E-state index in [-0.39, 0.29) is 0 Å². The van der Waals surface area contributed by atoms with Crippen molar-refractivity contribution in [3.63, 3.8) is 0 Å². The number of nitrogens with zero attached hydrogens (tertiary/aromatic N) is 1. The summed E-state index contributed by atoms with van der Waals surface area (Å²) in [6, 6.07) is 1.59. The quantitative estimate of drug-likeness (QED) is 0.782. The first-order valence-corrected chi connectivity index (χ1v) is 7.27. The van der Waals surface area contributed by atoms with Crippen LogP contribution in [0.1, 0.15) is 49.9 Å². The third-order valence-electron chi connectivity index (χ3n) is 4.28. The molecule has 0 aromatic carbocycles. The summed E-state index contributed by atoms with van der Waals surface area (Å²) in [5.74, 6) is 0.180. The second-order valence-corrected chi connectivity index (χ2v) is 5.40. The normalized spacial score (nSPS) is 16.3. The molecule has 2 rings (SSSR count). The van der Waals surface area contributed by atoms with Gasteiger partial charge in [0.25, 0.3) is 0 Å². The summed E-state index contributed by atoms with van der Waals surface area (Å²) < 4.78 is 4.99. The van der Waals surface area contributed by atoms with Gasteiger partial charge in [-0.2, -0.15) is 0 Å². The molecule has 1 aromatic rings. The monoisotopic (exact) mass is 277 g/mol. The highest BCUT2D eigenvalue weighted by Crippen LogP contribution is 2.43. The van der Waals surface area contributed by atoms with E-state index >= 15 is 0 Å². The van der Waals surface area contributed by atoms with Gasteiger partial charge in [0.2, 0.25) is 0 Å². The number of anilines is 2. The third kappa shape index (κ3) is 2.86. The summed E-state index contributed by atoms with van der Waals surface area (Å²) >= 11 is 0. The molecule has 0 saturated heterocycles. The molecule has 0 spiro atoms. The maximum Gasteiger partial charge on any atom is 0.340 e. The van der Waals surface area contributed by atoms with Gasteiger partial charge in [-0.3, -0.25) is 0 Å². The summed E-state index contributed by atoms with van der Waals surface area (Å²) in [4.78, 5) is 16.0. The first-order valence-electron chi connectivity index (χ1n) is 7.27. The van der Waals surface area contributed by atoms with Crippen molar-refractivity contribution in [2.75, 3.05) is 24.2 Å². The number of rotatable bonds is 6. The number of hydrogen-bond acceptors (Lipinski definition) is 5. The van der Waals surface area contributed by atoms with Crippen LogP contribution in [0.4, 0.5) is 11.5 Å². The molecule has 110 valence electrons. The van der Waals surface area contributed by atoms with E-state index < -0.39 is 5.97 Å². The van der Waals surface area contributed by atoms with Gasteiger partial charge in [-0.15, -0.1) is 0 Å². The Morgan fingerprint density at radius 3 is 2.80 bits per heavy atom. The lowest BCUT2D eigenvalue weighted by molar-refractivity contribution is 0.0527. The molecule has 1 aromatic heterocycles. The number of carbonyl (C=O) groups excluding carboxylic acids is 1. The Kier molecular flexibility index (Phi) is 4.47. The Balaban J connectivity index is 2.08. The summed E-state index contributed by atoms with van der Waals surface area (Å²) in [6.45, 7) is 5.18. The van der Waals surface area contributed by atoms with Crippen LogP contribution in [0.2, 0.25) is 0 Å². The molecule has 5 nitrogen and oxygen atoms in total. The summed E-state index contributed by atoms with van der Waals surface area (Å²) in [5, 5.41) is 3.30. The van der Waals surface area contributed by atoms with Crippen molar-refractivity contribution in [3.8, 4) is 0 Å². The van der Waals surface area contributed by atoms with Crippen LogP contribution in [0.5, 0.6) is 0 Å². The summed E-state index contributed by atoms with van der Waals surface area (Å²) in [6.07, 6.45) is 6.52. The van der Waals surface area contributed by atoms with Crippen molar-refractivity contribution in [2.45, 2.75) is 39.5 Å². The smallest absolute Gasteiger partial charge is 0.340 e. The molecule has 1 fully saturated rings. The number of ether oxygens (including phenoxy) is 1. The highest BCUT2D eigenvalue weighted by Gasteiger charge is 2.35. The molecule has 3 N–H and O–H groups in total. The van der Waals surface area contributed by atoms with Crippen molar-refractivity contribution < 1.29 is 9.53 Å². The first kappa shape index (κ1) is 14.6. The second kappa shape index (κ2) is 6.11. The fourth-order valence-corrected chi connectivity index (χ4v) is 2.60. The Morgan fingerprint density at radius 1 is 1.50 bits per heavy atom. The Bertz CT molecular complexity index is 478. The fourth-order valence-electron chi connectivity index (χ4n) is 2.60. The van der Waals surface area contributed by atoms with E-state index in [0.717, 1.165) is 13.0 Å². The SMILES string of the molecule is CCOC(=O)c1ccnc(NCC2(CC)CCC2)c1N. The molecule has 0 unspecified atom stereocenters. The minimum absolute atomic E-state index is 0.336. The lowest BCUT2D eigenvalue weighted by atomic mass is 9.67. The molecular formula is C15H23N3O2. The zero-order valence-electron chi connectivity index (χ0n) is 12.2. The van der Waals surface area contributed by atoms with Gasteiger partial charge in [0.15, 0.2) is 0 Å². The molecule has 0 radical (unpaired) electrons. The van der Waals surface area contributed by atoms with Gasteiger partial charge in [-0.1, -0.05) is 13.3 Å². The second-order valence-electron chi connectivity index (χ2n) is 5.40. The molecule has 0 bridgehead atoms. The average molecular weight is 277 g/mol. The average Bonchev–Trinajstić information content (AvgIpc) is 2.40. The van der Waals surface area contributed by atoms with Crippen LogP contribution in [0.3, 0.4) is 0 Å². The Labute approximate surface area is 119 Å². The van der Waals surface area contributed by atoms with Gasteiger partial charge in [-0.05, 0) is 37.7 Å². The van der Waals surface area contributed by atoms with Crippen LogP contribution in [0.15, 0.2) is 12.3 Å². The van der Waals surface area contributed by atoms with Gasteiger partial charge in [0.05, 0.1) is 17.9 Å². The van der Waals surface area contributed by atoms with Crippen LogP contribution in [0.25, 0.3) is 0 Å². The topological polar surface area (TPSA) is 77.2 Å². The standard InChI is InChI=1S/C15H23N3O2/c1-3-15(7-5-8-15)10-18-13-12(16)11(6-9-17-13)14(19)20-4-2/h6,9H,3-5,7-8,10,16H2,1-2H3,(H,17,18). The molecule has 5 heteroatoms. The number of hydrogen-bond donors (Lipinski definition) is 2. The van der Waals surface area contributed by atoms with Crippen molar-refractivity contribution in [3.05, 3.63) is 17.8 Å². The number of carbonyl (C=O) groups is 1. The van der Waals surface area contributed by atoms with Gasteiger partial charge in [-0.25, -0.2) is 9.78 Å². The maximum absolute atomic E-state index is 11.8. The van der Waals surface area contributed by atoms with E-state index in [9.17, 15) is 4.79 Å². The van der Waals surface area contributed by atoms with Crippen molar-refractivity contribution in [2.24, 2.45) is 5.41 Å². The number of nitrogens with one attached hydrogen (secondary N) is 1. The number of esters is 1. The van der Waals surface area contributed by atoms with Gasteiger partial charge < -0.3 is 15.8 Å². The molecule has 1 aliphatic carbocycles. The lowest BCUT2D eigenvalue weighted by Gasteiger charge is -2.41. The number of aromatic nitrogens is 1. The largest absolute Gasteiger partial charge is 0.462 e. The van der Waals surface area contributed by atoms with E-state index in [1.54, 1.807) is 19.2 Å². The fraction of sp³-hybridized carbons (Fsp3) is 0.600. The van der Waals surface area contributed by atoms with Gasteiger partial charge in [0, 0.05) is 12.7 Å². The third-order valence-corrected chi connectivity index (χ3v) is 4.28. The minimum atomic E-state index is -0.399. The Hall–Kier alpha value is -1.78. The predicted molar refractivity (Wildman–Crippen MR) is 79.7 cm³/mol. The molecule has 0 aliphatic heterocycles. The molecule has 20 heavy (non-hydrogen) atoms. The van der Waals surface area contributed by atoms with Gasteiger partial charge in [0.1, 0.15) is 5.82 Å². The van der Waals surface area contributed by atoms with E-state index in [1.807, 2.05) is 0 Å². The van der Waals surface area contributed by atoms with E-state index in [2.05, 4.69) is 17.2 Å². The van der Waals surface area contributed by atoms with Crippen molar-refractivity contribution >= 4 is 17.5 Å². The number of pyridine rings is 1. The van der Waals surface area contributed by atoms with Crippen LogP contribution in [-0.2, 0) is 4.74 Å². The van der Waals surface area contributed by atoms with E-state index in [1.165, 1.54) is 19.3 Å². The van der Waals surface area contributed by atoms with E-state index in [4.69, 9.17) is 10.5 Å². The summed E-state index contributed by atoms with van der Waals surface area (Å²) in [5.41, 5.74) is 7.14. The maximum atomic E-state index is 11.8. The molecule has 1 aliphatic rings. The predicted octanol–water partition coefficient (Wildman–Crippen LogP) is 2.83. The zero-order valence-corrected chi connectivity index (χ0v) is 12.2. The highest BCUT2D eigenvalue weighted by atomic mass is 16.5. The minimum Gasteiger partial charge on any atom is -0.462 e. The van der Waals surface area contributed by atoms with Crippen molar-refractivity contribution in [1.29, 1.82) is 0 Å². The number of nitrogen functional groups attached to an aromatic ring is 1. The number of nitrogens with two attached hydrogens (primary N) is 1. The van der Waals surface area contributed by atoms with Crippen LogP contribution >= 0.6 is 0 Å².